The Hall–Kier alpha value is -1.62. The third kappa shape index (κ3) is 2.87. The molecule has 0 atom stereocenters. The molecule has 0 saturated heterocycles. The minimum absolute atomic E-state index is 0.249. The minimum Gasteiger partial charge on any atom is -0.343 e. The molecule has 0 bridgehead atoms. The van der Waals surface area contributed by atoms with Crippen molar-refractivity contribution in [3.8, 4) is 0 Å². The van der Waals surface area contributed by atoms with Crippen LogP contribution in [0.1, 0.15) is 23.0 Å². The number of aromatic nitrogens is 1. The maximum absolute atomic E-state index is 13.4. The van der Waals surface area contributed by atoms with Gasteiger partial charge in [0.15, 0.2) is 0 Å². The molecule has 2 rings (SSSR count). The number of anilines is 1. The fourth-order valence-electron chi connectivity index (χ4n) is 1.86. The molecule has 0 aliphatic heterocycles. The standard InChI is InChI=1S/C14H14BrFN2O/c1-3-18-8-10(15)7-13(18)14(19)17-12-6-4-5-11(16)9(12)2/h4-8H,3H2,1-2H3,(H,17,19). The first-order valence-corrected chi connectivity index (χ1v) is 6.74. The van der Waals surface area contributed by atoms with E-state index in [2.05, 4.69) is 21.2 Å². The monoisotopic (exact) mass is 324 g/mol. The quantitative estimate of drug-likeness (QED) is 0.910. The van der Waals surface area contributed by atoms with Crippen LogP contribution in [0.2, 0.25) is 0 Å². The lowest BCUT2D eigenvalue weighted by Crippen LogP contribution is -2.17. The lowest BCUT2D eigenvalue weighted by Gasteiger charge is -2.10. The van der Waals surface area contributed by atoms with E-state index in [9.17, 15) is 9.18 Å². The van der Waals surface area contributed by atoms with Gasteiger partial charge in [0.2, 0.25) is 0 Å². The summed E-state index contributed by atoms with van der Waals surface area (Å²) in [5.41, 5.74) is 1.47. The van der Waals surface area contributed by atoms with Crippen LogP contribution in [0.5, 0.6) is 0 Å². The number of halogens is 2. The second kappa shape index (κ2) is 5.57. The van der Waals surface area contributed by atoms with Crippen LogP contribution in [0.4, 0.5) is 10.1 Å². The average molecular weight is 325 g/mol. The number of rotatable bonds is 3. The molecular formula is C14H14BrFN2O. The zero-order chi connectivity index (χ0) is 14.0. The Balaban J connectivity index is 2.28. The molecule has 0 aliphatic carbocycles. The highest BCUT2D eigenvalue weighted by atomic mass is 79.9. The molecule has 100 valence electrons. The number of aryl methyl sites for hydroxylation is 1. The Kier molecular flexibility index (Phi) is 4.04. The Morgan fingerprint density at radius 2 is 2.21 bits per heavy atom. The molecule has 0 unspecified atom stereocenters. The normalized spacial score (nSPS) is 10.5. The van der Waals surface area contributed by atoms with Crippen LogP contribution < -0.4 is 5.32 Å². The Bertz CT molecular complexity index is 622. The number of hydrogen-bond donors (Lipinski definition) is 1. The summed E-state index contributed by atoms with van der Waals surface area (Å²) in [5.74, 6) is -0.578. The third-order valence-electron chi connectivity index (χ3n) is 2.95. The van der Waals surface area contributed by atoms with Crippen LogP contribution in [-0.4, -0.2) is 10.5 Å². The van der Waals surface area contributed by atoms with E-state index in [4.69, 9.17) is 0 Å². The fraction of sp³-hybridized carbons (Fsp3) is 0.214. The van der Waals surface area contributed by atoms with Gasteiger partial charge >= 0.3 is 0 Å². The summed E-state index contributed by atoms with van der Waals surface area (Å²) in [6, 6.07) is 6.38. The lowest BCUT2D eigenvalue weighted by atomic mass is 10.2. The van der Waals surface area contributed by atoms with E-state index in [0.717, 1.165) is 4.47 Å². The van der Waals surface area contributed by atoms with Gasteiger partial charge in [-0.3, -0.25) is 4.79 Å². The molecule has 19 heavy (non-hydrogen) atoms. The number of hydrogen-bond acceptors (Lipinski definition) is 1. The van der Waals surface area contributed by atoms with Crippen molar-refractivity contribution in [2.45, 2.75) is 20.4 Å². The van der Waals surface area contributed by atoms with Crippen molar-refractivity contribution in [2.24, 2.45) is 0 Å². The van der Waals surface area contributed by atoms with Crippen LogP contribution in [0.25, 0.3) is 0 Å². The zero-order valence-electron chi connectivity index (χ0n) is 10.7. The molecule has 2 aromatic rings. The highest BCUT2D eigenvalue weighted by Gasteiger charge is 2.14. The second-order valence-electron chi connectivity index (χ2n) is 4.20. The first-order chi connectivity index (χ1) is 9.02. The number of benzene rings is 1. The number of carbonyl (C=O) groups is 1. The summed E-state index contributed by atoms with van der Waals surface area (Å²) < 4.78 is 16.1. The highest BCUT2D eigenvalue weighted by molar-refractivity contribution is 9.10. The Morgan fingerprint density at radius 3 is 2.89 bits per heavy atom. The summed E-state index contributed by atoms with van der Waals surface area (Å²) >= 11 is 3.34. The molecule has 1 heterocycles. The van der Waals surface area contributed by atoms with E-state index in [-0.39, 0.29) is 11.7 Å². The molecular weight excluding hydrogens is 311 g/mol. The van der Waals surface area contributed by atoms with Gasteiger partial charge in [-0.25, -0.2) is 4.39 Å². The summed E-state index contributed by atoms with van der Waals surface area (Å²) in [6.45, 7) is 4.28. The molecule has 0 saturated carbocycles. The summed E-state index contributed by atoms with van der Waals surface area (Å²) in [4.78, 5) is 12.2. The van der Waals surface area contributed by atoms with Gasteiger partial charge in [-0.2, -0.15) is 0 Å². The van der Waals surface area contributed by atoms with Gasteiger partial charge in [-0.1, -0.05) is 6.07 Å². The fourth-order valence-corrected chi connectivity index (χ4v) is 2.32. The molecule has 3 nitrogen and oxygen atoms in total. The SMILES string of the molecule is CCn1cc(Br)cc1C(=O)Nc1cccc(F)c1C. The van der Waals surface area contributed by atoms with Gasteiger partial charge < -0.3 is 9.88 Å². The smallest absolute Gasteiger partial charge is 0.272 e. The summed E-state index contributed by atoms with van der Waals surface area (Å²) in [5, 5.41) is 2.73. The van der Waals surface area contributed by atoms with E-state index in [1.54, 1.807) is 25.1 Å². The lowest BCUT2D eigenvalue weighted by molar-refractivity contribution is 0.101. The van der Waals surface area contributed by atoms with Crippen molar-refractivity contribution >= 4 is 27.5 Å². The van der Waals surface area contributed by atoms with Gasteiger partial charge in [0, 0.05) is 28.5 Å². The minimum atomic E-state index is -0.329. The molecule has 0 fully saturated rings. The second-order valence-corrected chi connectivity index (χ2v) is 5.11. The van der Waals surface area contributed by atoms with Crippen LogP contribution in [0.15, 0.2) is 34.9 Å². The van der Waals surface area contributed by atoms with Crippen molar-refractivity contribution < 1.29 is 9.18 Å². The van der Waals surface area contributed by atoms with Crippen LogP contribution >= 0.6 is 15.9 Å². The van der Waals surface area contributed by atoms with E-state index in [0.29, 0.717) is 23.5 Å². The van der Waals surface area contributed by atoms with E-state index < -0.39 is 0 Å². The van der Waals surface area contributed by atoms with Crippen molar-refractivity contribution in [1.82, 2.24) is 4.57 Å². The van der Waals surface area contributed by atoms with Crippen molar-refractivity contribution in [1.29, 1.82) is 0 Å². The van der Waals surface area contributed by atoms with Crippen LogP contribution in [-0.2, 0) is 6.54 Å². The zero-order valence-corrected chi connectivity index (χ0v) is 12.3. The molecule has 5 heteroatoms. The van der Waals surface area contributed by atoms with E-state index >= 15 is 0 Å². The number of nitrogens with zero attached hydrogens (tertiary/aromatic N) is 1. The Labute approximate surface area is 119 Å². The van der Waals surface area contributed by atoms with Crippen molar-refractivity contribution in [3.63, 3.8) is 0 Å². The van der Waals surface area contributed by atoms with Crippen molar-refractivity contribution in [3.05, 3.63) is 52.0 Å². The Morgan fingerprint density at radius 1 is 1.47 bits per heavy atom. The summed E-state index contributed by atoms with van der Waals surface area (Å²) in [6.07, 6.45) is 1.84. The maximum Gasteiger partial charge on any atom is 0.272 e. The van der Waals surface area contributed by atoms with Gasteiger partial charge in [0.05, 0.1) is 0 Å². The predicted octanol–water partition coefficient (Wildman–Crippen LogP) is 3.97. The summed E-state index contributed by atoms with van der Waals surface area (Å²) in [7, 11) is 0. The molecule has 1 N–H and O–H groups in total. The van der Waals surface area contributed by atoms with Crippen molar-refractivity contribution in [2.75, 3.05) is 5.32 Å². The van der Waals surface area contributed by atoms with Gasteiger partial charge in [0.25, 0.3) is 5.91 Å². The highest BCUT2D eigenvalue weighted by Crippen LogP contribution is 2.20. The first kappa shape index (κ1) is 13.8. The number of amides is 1. The number of carbonyl (C=O) groups excluding carboxylic acids is 1. The van der Waals surface area contributed by atoms with Gasteiger partial charge in [0.1, 0.15) is 11.5 Å². The maximum atomic E-state index is 13.4. The molecule has 1 amide bonds. The van der Waals surface area contributed by atoms with E-state index in [1.807, 2.05) is 17.7 Å². The van der Waals surface area contributed by atoms with Crippen LogP contribution in [0, 0.1) is 12.7 Å². The van der Waals surface area contributed by atoms with Gasteiger partial charge in [-0.05, 0) is 48.0 Å². The molecule has 0 spiro atoms. The van der Waals surface area contributed by atoms with Gasteiger partial charge in [-0.15, -0.1) is 0 Å². The molecule has 1 aromatic heterocycles. The van der Waals surface area contributed by atoms with E-state index in [1.165, 1.54) is 6.07 Å². The molecule has 0 radical (unpaired) electrons. The first-order valence-electron chi connectivity index (χ1n) is 5.95. The number of nitrogens with one attached hydrogen (secondary N) is 1. The molecule has 1 aromatic carbocycles. The average Bonchev–Trinajstić information content (AvgIpc) is 2.76. The van der Waals surface area contributed by atoms with Crippen LogP contribution in [0.3, 0.4) is 0 Å². The molecule has 0 aliphatic rings. The predicted molar refractivity (Wildman–Crippen MR) is 76.9 cm³/mol. The largest absolute Gasteiger partial charge is 0.343 e. The third-order valence-corrected chi connectivity index (χ3v) is 3.39. The topological polar surface area (TPSA) is 34.0 Å².